The lowest BCUT2D eigenvalue weighted by Crippen LogP contribution is -2.29. The number of hydrogen-bond donors (Lipinski definition) is 1. The number of carbonyl (C=O) groups is 2. The van der Waals surface area contributed by atoms with Crippen molar-refractivity contribution in [2.24, 2.45) is 0 Å². The maximum atomic E-state index is 13.2. The number of amides is 1. The van der Waals surface area contributed by atoms with E-state index in [4.69, 9.17) is 4.74 Å². The average Bonchev–Trinajstić information content (AvgIpc) is 3.24. The fourth-order valence-electron chi connectivity index (χ4n) is 3.68. The van der Waals surface area contributed by atoms with Crippen LogP contribution in [0.5, 0.6) is 5.75 Å². The van der Waals surface area contributed by atoms with Crippen molar-refractivity contribution in [3.05, 3.63) is 81.4 Å². The van der Waals surface area contributed by atoms with Gasteiger partial charge in [0.15, 0.2) is 5.13 Å². The molecule has 1 fully saturated rings. The van der Waals surface area contributed by atoms with Gasteiger partial charge in [0.2, 0.25) is 0 Å². The number of benzene rings is 2. The van der Waals surface area contributed by atoms with E-state index in [1.165, 1.54) is 16.2 Å². The third-order valence-corrected chi connectivity index (χ3v) is 6.57. The number of thiazole rings is 1. The number of ether oxygens (including phenoxy) is 1. The molecule has 1 amide bonds. The molecular formula is C25H24N2O4S. The summed E-state index contributed by atoms with van der Waals surface area (Å²) in [6, 6.07) is 13.6. The highest BCUT2D eigenvalue weighted by molar-refractivity contribution is 7.16. The molecule has 1 aliphatic heterocycles. The van der Waals surface area contributed by atoms with Crippen molar-refractivity contribution in [2.75, 3.05) is 11.5 Å². The molecule has 1 N–H and O–H groups in total. The second-order valence-electron chi connectivity index (χ2n) is 7.68. The Hall–Kier alpha value is -3.45. The van der Waals surface area contributed by atoms with Gasteiger partial charge in [-0.1, -0.05) is 29.8 Å². The lowest BCUT2D eigenvalue weighted by Gasteiger charge is -2.23. The molecule has 1 aromatic heterocycles. The zero-order valence-electron chi connectivity index (χ0n) is 18.4. The van der Waals surface area contributed by atoms with E-state index in [1.54, 1.807) is 24.3 Å². The van der Waals surface area contributed by atoms with Crippen LogP contribution in [0.3, 0.4) is 0 Å². The number of aliphatic hydroxyl groups excluding tert-OH is 1. The molecule has 1 atom stereocenters. The van der Waals surface area contributed by atoms with Gasteiger partial charge in [0.05, 0.1) is 23.9 Å². The molecule has 0 radical (unpaired) electrons. The molecule has 2 aromatic carbocycles. The molecule has 6 nitrogen and oxygen atoms in total. The van der Waals surface area contributed by atoms with Crippen molar-refractivity contribution in [1.82, 2.24) is 4.98 Å². The molecule has 0 aliphatic carbocycles. The summed E-state index contributed by atoms with van der Waals surface area (Å²) in [6.07, 6.45) is 0. The zero-order chi connectivity index (χ0) is 23.0. The highest BCUT2D eigenvalue weighted by Crippen LogP contribution is 2.43. The molecule has 0 bridgehead atoms. The van der Waals surface area contributed by atoms with Crippen LogP contribution in [0.25, 0.3) is 5.76 Å². The average molecular weight is 449 g/mol. The summed E-state index contributed by atoms with van der Waals surface area (Å²) < 4.78 is 5.46. The maximum absolute atomic E-state index is 13.2. The van der Waals surface area contributed by atoms with Crippen molar-refractivity contribution in [2.45, 2.75) is 33.7 Å². The molecule has 7 heteroatoms. The SMILES string of the molecule is CCOc1ccc(C(O)=C2C(=O)C(=O)N(c3nc(C)c(C)s3)C2c2ccc(C)cc2)cc1. The Bertz CT molecular complexity index is 1190. The van der Waals surface area contributed by atoms with E-state index in [0.717, 1.165) is 21.7 Å². The Kier molecular flexibility index (Phi) is 5.84. The number of aromatic nitrogens is 1. The van der Waals surface area contributed by atoms with Gasteiger partial charge in [-0.05, 0) is 57.5 Å². The normalized spacial score (nSPS) is 17.8. The highest BCUT2D eigenvalue weighted by Gasteiger charge is 2.48. The van der Waals surface area contributed by atoms with Gasteiger partial charge in [-0.2, -0.15) is 0 Å². The molecule has 0 saturated carbocycles. The minimum absolute atomic E-state index is 0.0496. The molecule has 1 unspecified atom stereocenters. The van der Waals surface area contributed by atoms with Gasteiger partial charge in [0, 0.05) is 10.4 Å². The van der Waals surface area contributed by atoms with Gasteiger partial charge in [0.1, 0.15) is 11.5 Å². The van der Waals surface area contributed by atoms with Crippen molar-refractivity contribution < 1.29 is 19.4 Å². The fraction of sp³-hybridized carbons (Fsp3) is 0.240. The molecule has 4 rings (SSSR count). The predicted octanol–water partition coefficient (Wildman–Crippen LogP) is 5.09. The standard InChI is InChI=1S/C25H24N2O4S/c1-5-31-19-12-10-18(11-13-19)22(28)20-21(17-8-6-14(2)7-9-17)27(24(30)23(20)29)25-26-15(3)16(4)32-25/h6-13,21,28H,5H2,1-4H3. The largest absolute Gasteiger partial charge is 0.507 e. The number of hydrogen-bond acceptors (Lipinski definition) is 6. The fourth-order valence-corrected chi connectivity index (χ4v) is 4.62. The number of Topliss-reactive ketones (excluding diaryl/α,β-unsaturated/α-hetero) is 1. The first-order valence-electron chi connectivity index (χ1n) is 10.4. The van der Waals surface area contributed by atoms with Crippen LogP contribution in [-0.2, 0) is 9.59 Å². The first-order chi connectivity index (χ1) is 15.3. The summed E-state index contributed by atoms with van der Waals surface area (Å²) in [7, 11) is 0. The molecule has 32 heavy (non-hydrogen) atoms. The highest BCUT2D eigenvalue weighted by atomic mass is 32.1. The van der Waals surface area contributed by atoms with Crippen LogP contribution < -0.4 is 9.64 Å². The molecule has 3 aromatic rings. The molecule has 1 aliphatic rings. The number of rotatable bonds is 5. The van der Waals surface area contributed by atoms with Gasteiger partial charge < -0.3 is 9.84 Å². The van der Waals surface area contributed by atoms with Gasteiger partial charge in [0.25, 0.3) is 5.78 Å². The molecule has 1 saturated heterocycles. The Labute approximate surface area is 190 Å². The van der Waals surface area contributed by atoms with Crippen molar-refractivity contribution in [3.8, 4) is 5.75 Å². The van der Waals surface area contributed by atoms with Crippen LogP contribution in [0, 0.1) is 20.8 Å². The molecule has 0 spiro atoms. The van der Waals surface area contributed by atoms with Crippen molar-refractivity contribution >= 4 is 33.9 Å². The number of aryl methyl sites for hydroxylation is 3. The summed E-state index contributed by atoms with van der Waals surface area (Å²) in [5.74, 6) is -0.984. The Morgan fingerprint density at radius 1 is 1.06 bits per heavy atom. The lowest BCUT2D eigenvalue weighted by molar-refractivity contribution is -0.132. The van der Waals surface area contributed by atoms with E-state index in [-0.39, 0.29) is 11.3 Å². The smallest absolute Gasteiger partial charge is 0.301 e. The Morgan fingerprint density at radius 2 is 1.72 bits per heavy atom. The molecule has 2 heterocycles. The number of aliphatic hydroxyl groups is 1. The van der Waals surface area contributed by atoms with Gasteiger partial charge in [-0.25, -0.2) is 4.98 Å². The number of carbonyl (C=O) groups excluding carboxylic acids is 2. The van der Waals surface area contributed by atoms with Gasteiger partial charge >= 0.3 is 5.91 Å². The molecule has 164 valence electrons. The summed E-state index contributed by atoms with van der Waals surface area (Å²) >= 11 is 1.36. The summed E-state index contributed by atoms with van der Waals surface area (Å²) in [6.45, 7) is 8.17. The number of nitrogens with zero attached hydrogens (tertiary/aromatic N) is 2. The van der Waals surface area contributed by atoms with Gasteiger partial charge in [-0.3, -0.25) is 14.5 Å². The van der Waals surface area contributed by atoms with Crippen molar-refractivity contribution in [3.63, 3.8) is 0 Å². The van der Waals surface area contributed by atoms with Crippen LogP contribution in [0.1, 0.15) is 40.2 Å². The predicted molar refractivity (Wildman–Crippen MR) is 125 cm³/mol. The Balaban J connectivity index is 1.89. The number of ketones is 1. The van der Waals surface area contributed by atoms with E-state index in [9.17, 15) is 14.7 Å². The minimum atomic E-state index is -0.771. The minimum Gasteiger partial charge on any atom is -0.507 e. The summed E-state index contributed by atoms with van der Waals surface area (Å²) in [5.41, 5.74) is 3.08. The van der Waals surface area contributed by atoms with Crippen LogP contribution in [0.2, 0.25) is 0 Å². The number of anilines is 1. The zero-order valence-corrected chi connectivity index (χ0v) is 19.2. The third kappa shape index (κ3) is 3.80. The third-order valence-electron chi connectivity index (χ3n) is 5.50. The van der Waals surface area contributed by atoms with Crippen molar-refractivity contribution in [1.29, 1.82) is 0 Å². The van der Waals surface area contributed by atoms with Crippen LogP contribution in [0.4, 0.5) is 5.13 Å². The monoisotopic (exact) mass is 448 g/mol. The van der Waals surface area contributed by atoms with E-state index >= 15 is 0 Å². The quantitative estimate of drug-likeness (QED) is 0.334. The summed E-state index contributed by atoms with van der Waals surface area (Å²) in [4.78, 5) is 33.2. The van der Waals surface area contributed by atoms with Gasteiger partial charge in [-0.15, -0.1) is 11.3 Å². The lowest BCUT2D eigenvalue weighted by atomic mass is 9.95. The van der Waals surface area contributed by atoms with E-state index in [1.807, 2.05) is 52.0 Å². The van der Waals surface area contributed by atoms with Crippen LogP contribution in [0.15, 0.2) is 54.1 Å². The first-order valence-corrected chi connectivity index (χ1v) is 11.2. The van der Waals surface area contributed by atoms with Crippen LogP contribution in [-0.4, -0.2) is 28.4 Å². The second-order valence-corrected chi connectivity index (χ2v) is 8.86. The topological polar surface area (TPSA) is 79.7 Å². The molecular weight excluding hydrogens is 424 g/mol. The first kappa shape index (κ1) is 21.8. The van der Waals surface area contributed by atoms with E-state index in [2.05, 4.69) is 4.98 Å². The van der Waals surface area contributed by atoms with Crippen LogP contribution >= 0.6 is 11.3 Å². The van der Waals surface area contributed by atoms with E-state index in [0.29, 0.717) is 23.1 Å². The second kappa shape index (κ2) is 8.59. The Morgan fingerprint density at radius 3 is 2.28 bits per heavy atom. The van der Waals surface area contributed by atoms with E-state index < -0.39 is 17.7 Å². The summed E-state index contributed by atoms with van der Waals surface area (Å²) in [5, 5.41) is 11.6. The maximum Gasteiger partial charge on any atom is 0.301 e.